The summed E-state index contributed by atoms with van der Waals surface area (Å²) in [4.78, 5) is 29.5. The number of nitrogens with zero attached hydrogens (tertiary/aromatic N) is 2. The summed E-state index contributed by atoms with van der Waals surface area (Å²) in [6.45, 7) is 1.14. The van der Waals surface area contributed by atoms with Gasteiger partial charge in [-0.3, -0.25) is 9.59 Å². The molecule has 1 aliphatic carbocycles. The maximum absolute atomic E-state index is 13.3. The van der Waals surface area contributed by atoms with E-state index in [4.69, 9.17) is 4.42 Å². The van der Waals surface area contributed by atoms with Crippen molar-refractivity contribution in [2.45, 2.75) is 37.5 Å². The molecule has 1 aromatic carbocycles. The van der Waals surface area contributed by atoms with Crippen LogP contribution in [0.3, 0.4) is 0 Å². The zero-order chi connectivity index (χ0) is 21.8. The highest BCUT2D eigenvalue weighted by Gasteiger charge is 2.44. The summed E-state index contributed by atoms with van der Waals surface area (Å²) in [5.41, 5.74) is 0.518. The summed E-state index contributed by atoms with van der Waals surface area (Å²) in [5, 5.41) is 2.99. The third kappa shape index (κ3) is 3.77. The van der Waals surface area contributed by atoms with E-state index in [0.717, 1.165) is 25.0 Å². The number of anilines is 1. The monoisotopic (exact) mass is 433 g/mol. The van der Waals surface area contributed by atoms with Crippen molar-refractivity contribution in [2.75, 3.05) is 24.5 Å². The second-order valence-electron chi connectivity index (χ2n) is 8.42. The Morgan fingerprint density at radius 3 is 2.61 bits per heavy atom. The molecule has 1 N–H and O–H groups in total. The summed E-state index contributed by atoms with van der Waals surface area (Å²) in [6, 6.07) is 6.81. The predicted octanol–water partition coefficient (Wildman–Crippen LogP) is 3.08. The van der Waals surface area contributed by atoms with E-state index in [-0.39, 0.29) is 36.1 Å². The van der Waals surface area contributed by atoms with Crippen molar-refractivity contribution in [3.63, 3.8) is 0 Å². The second-order valence-corrected chi connectivity index (χ2v) is 8.42. The number of hydrogen-bond acceptors (Lipinski definition) is 4. The first-order valence-electron chi connectivity index (χ1n) is 10.4. The molecule has 0 radical (unpaired) electrons. The van der Waals surface area contributed by atoms with Crippen LogP contribution in [0.2, 0.25) is 0 Å². The highest BCUT2D eigenvalue weighted by Crippen LogP contribution is 2.40. The van der Waals surface area contributed by atoms with Gasteiger partial charge < -0.3 is 19.5 Å². The van der Waals surface area contributed by atoms with E-state index in [9.17, 15) is 22.8 Å². The number of hydrogen-bond donors (Lipinski definition) is 1. The van der Waals surface area contributed by atoms with Crippen molar-refractivity contribution in [1.82, 2.24) is 10.2 Å². The van der Waals surface area contributed by atoms with E-state index in [1.165, 1.54) is 12.3 Å². The van der Waals surface area contributed by atoms with Gasteiger partial charge in [0.15, 0.2) is 5.76 Å². The lowest BCUT2D eigenvalue weighted by molar-refractivity contribution is -0.137. The first-order chi connectivity index (χ1) is 14.8. The molecule has 2 aromatic rings. The Labute approximate surface area is 177 Å². The van der Waals surface area contributed by atoms with Gasteiger partial charge in [-0.15, -0.1) is 0 Å². The topological polar surface area (TPSA) is 65.8 Å². The lowest BCUT2D eigenvalue weighted by atomic mass is 9.82. The fourth-order valence-corrected chi connectivity index (χ4v) is 4.58. The maximum Gasteiger partial charge on any atom is 0.416 e. The minimum atomic E-state index is -4.44. The van der Waals surface area contributed by atoms with Crippen LogP contribution in [0.15, 0.2) is 41.0 Å². The Kier molecular flexibility index (Phi) is 4.71. The number of benzene rings is 1. The number of halogens is 3. The van der Waals surface area contributed by atoms with Crippen LogP contribution in [0.25, 0.3) is 0 Å². The van der Waals surface area contributed by atoms with Gasteiger partial charge in [0, 0.05) is 31.4 Å². The van der Waals surface area contributed by atoms with Crippen molar-refractivity contribution in [1.29, 1.82) is 0 Å². The largest absolute Gasteiger partial charge is 0.459 e. The first-order valence-corrected chi connectivity index (χ1v) is 10.4. The lowest BCUT2D eigenvalue weighted by Gasteiger charge is -2.49. The van der Waals surface area contributed by atoms with Gasteiger partial charge in [-0.25, -0.2) is 0 Å². The van der Waals surface area contributed by atoms with Crippen LogP contribution in [0, 0.1) is 5.92 Å². The first kappa shape index (κ1) is 20.0. The number of furan rings is 1. The van der Waals surface area contributed by atoms with Gasteiger partial charge in [-0.2, -0.15) is 13.2 Å². The molecule has 9 heteroatoms. The molecule has 6 nitrogen and oxygen atoms in total. The Morgan fingerprint density at radius 1 is 1.13 bits per heavy atom. The molecule has 2 atom stereocenters. The molecule has 0 unspecified atom stereocenters. The molecular formula is C22H22F3N3O3. The number of carbonyl (C=O) groups excluding carboxylic acids is 2. The van der Waals surface area contributed by atoms with E-state index in [2.05, 4.69) is 5.32 Å². The highest BCUT2D eigenvalue weighted by atomic mass is 19.4. The molecule has 2 fully saturated rings. The molecule has 2 amide bonds. The molecule has 1 aromatic heterocycles. The molecule has 31 heavy (non-hydrogen) atoms. The van der Waals surface area contributed by atoms with Gasteiger partial charge >= 0.3 is 6.18 Å². The molecule has 1 saturated carbocycles. The Bertz CT molecular complexity index is 1000. The summed E-state index contributed by atoms with van der Waals surface area (Å²) in [6.07, 6.45) is -0.951. The third-order valence-electron chi connectivity index (χ3n) is 6.32. The zero-order valence-electron chi connectivity index (χ0n) is 16.7. The maximum atomic E-state index is 13.3. The molecule has 3 heterocycles. The SMILES string of the molecule is O=C(NC1CC1)[C@@H]1Cc2cc(C(F)(F)F)ccc2N2CCN(C(=O)c3ccco3)C[C@@H]12. The minimum absolute atomic E-state index is 0.147. The van der Waals surface area contributed by atoms with E-state index in [1.54, 1.807) is 17.0 Å². The molecule has 5 rings (SSSR count). The van der Waals surface area contributed by atoms with E-state index in [1.807, 2.05) is 4.90 Å². The van der Waals surface area contributed by atoms with Crippen LogP contribution in [-0.2, 0) is 17.4 Å². The molecule has 0 bridgehead atoms. The molecule has 164 valence electrons. The van der Waals surface area contributed by atoms with Gasteiger partial charge in [0.05, 0.1) is 23.8 Å². The fourth-order valence-electron chi connectivity index (χ4n) is 4.58. The molecule has 3 aliphatic rings. The van der Waals surface area contributed by atoms with Crippen LogP contribution in [-0.4, -0.2) is 48.4 Å². The normalized spacial score (nSPS) is 23.2. The van der Waals surface area contributed by atoms with Crippen molar-refractivity contribution >= 4 is 17.5 Å². The summed E-state index contributed by atoms with van der Waals surface area (Å²) >= 11 is 0. The smallest absolute Gasteiger partial charge is 0.416 e. The minimum Gasteiger partial charge on any atom is -0.459 e. The van der Waals surface area contributed by atoms with E-state index in [0.29, 0.717) is 30.9 Å². The number of rotatable bonds is 3. The van der Waals surface area contributed by atoms with Crippen molar-refractivity contribution in [3.8, 4) is 0 Å². The number of nitrogens with one attached hydrogen (secondary N) is 1. The Balaban J connectivity index is 1.46. The average molecular weight is 433 g/mol. The van der Waals surface area contributed by atoms with E-state index >= 15 is 0 Å². The number of piperazine rings is 1. The van der Waals surface area contributed by atoms with E-state index < -0.39 is 17.7 Å². The summed E-state index contributed by atoms with van der Waals surface area (Å²) in [5.74, 6) is -0.709. The van der Waals surface area contributed by atoms with Crippen LogP contribution in [0.5, 0.6) is 0 Å². The van der Waals surface area contributed by atoms with Crippen LogP contribution in [0.4, 0.5) is 18.9 Å². The van der Waals surface area contributed by atoms with Gasteiger partial charge in [0.1, 0.15) is 0 Å². The average Bonchev–Trinajstić information content (AvgIpc) is 3.39. The van der Waals surface area contributed by atoms with Gasteiger partial charge in [0.2, 0.25) is 5.91 Å². The molecule has 0 spiro atoms. The third-order valence-corrected chi connectivity index (χ3v) is 6.32. The number of fused-ring (bicyclic) bond motifs is 3. The predicted molar refractivity (Wildman–Crippen MR) is 106 cm³/mol. The van der Waals surface area contributed by atoms with Crippen LogP contribution >= 0.6 is 0 Å². The highest BCUT2D eigenvalue weighted by molar-refractivity contribution is 5.92. The lowest BCUT2D eigenvalue weighted by Crippen LogP contribution is -2.62. The van der Waals surface area contributed by atoms with Crippen molar-refractivity contribution in [2.24, 2.45) is 5.92 Å². The van der Waals surface area contributed by atoms with Crippen molar-refractivity contribution < 1.29 is 27.2 Å². The fraction of sp³-hybridized carbons (Fsp3) is 0.455. The summed E-state index contributed by atoms with van der Waals surface area (Å²) < 4.78 is 45.0. The summed E-state index contributed by atoms with van der Waals surface area (Å²) in [7, 11) is 0. The van der Waals surface area contributed by atoms with Gasteiger partial charge in [-0.05, 0) is 55.2 Å². The van der Waals surface area contributed by atoms with Crippen molar-refractivity contribution in [3.05, 3.63) is 53.5 Å². The Hall–Kier alpha value is -2.97. The molecule has 2 aliphatic heterocycles. The van der Waals surface area contributed by atoms with Crippen LogP contribution in [0.1, 0.15) is 34.5 Å². The van der Waals surface area contributed by atoms with Gasteiger partial charge in [0.25, 0.3) is 5.91 Å². The zero-order valence-corrected chi connectivity index (χ0v) is 16.7. The number of alkyl halides is 3. The van der Waals surface area contributed by atoms with Gasteiger partial charge in [-0.1, -0.05) is 0 Å². The molecule has 1 saturated heterocycles. The molecular weight excluding hydrogens is 411 g/mol. The number of amides is 2. The van der Waals surface area contributed by atoms with Crippen LogP contribution < -0.4 is 10.2 Å². The quantitative estimate of drug-likeness (QED) is 0.808. The number of carbonyl (C=O) groups is 2. The standard InChI is InChI=1S/C22H22F3N3O3/c23-22(24,25)14-3-6-17-13(10-14)11-16(20(29)26-15-4-5-15)18-12-27(7-8-28(17)18)21(30)19-2-1-9-31-19/h1-3,6,9-10,15-16,18H,4-5,7-8,11-12H2,(H,26,29)/t16-,18+/m1/s1. The Morgan fingerprint density at radius 2 is 1.94 bits per heavy atom. The second kappa shape index (κ2) is 7.32.